The molecule has 0 bridgehead atoms. The van der Waals surface area contributed by atoms with Crippen LogP contribution in [0.1, 0.15) is 201 Å². The molecular formula is C73H106O6. The van der Waals surface area contributed by atoms with Gasteiger partial charge in [-0.05, 0) is 154 Å². The molecular weight excluding hydrogens is 973 g/mol. The standard InChI is InChI=1S/C73H106O6/c1-4-7-10-13-16-19-22-25-27-29-31-32-33-34-35-36-37-38-39-40-42-43-45-48-51-54-57-60-63-66-72(75)78-69-70(68-77-71(74)65-62-59-56-53-50-47-24-21-18-15-12-9-6-3)79-73(76)67-64-61-58-55-52-49-46-44-41-30-28-26-23-20-17-14-11-8-5-2/h7-12,16-21,25-28,31-32,34-35,37-38,40-42,44-45,47-50,52,54,56-57,59,70H,4-6,13-15,22-24,29-30,33,36,39,43,46,51,53,55,58,60-69H2,1-3H3/b10-7-,11-8-,12-9-,19-16-,20-17-,21-18-,27-25-,28-26-,32-31-,35-34-,38-37-,42-40-,44-41-,48-45-,50-47-,52-49-,57-54-,59-56-. The van der Waals surface area contributed by atoms with Gasteiger partial charge in [0.25, 0.3) is 0 Å². The van der Waals surface area contributed by atoms with Crippen LogP contribution in [0.15, 0.2) is 219 Å². The minimum absolute atomic E-state index is 0.157. The normalized spacial score (nSPS) is 13.7. The molecule has 0 amide bonds. The maximum Gasteiger partial charge on any atom is 0.306 e. The van der Waals surface area contributed by atoms with Crippen LogP contribution in [0.3, 0.4) is 0 Å². The van der Waals surface area contributed by atoms with Crippen LogP contribution in [0.2, 0.25) is 0 Å². The Morgan fingerprint density at radius 3 is 0.797 bits per heavy atom. The zero-order chi connectivity index (χ0) is 57.1. The highest BCUT2D eigenvalue weighted by molar-refractivity contribution is 5.71. The monoisotopic (exact) mass is 1080 g/mol. The Hall–Kier alpha value is -6.27. The zero-order valence-corrected chi connectivity index (χ0v) is 49.5. The molecule has 0 saturated heterocycles. The molecule has 0 radical (unpaired) electrons. The van der Waals surface area contributed by atoms with Crippen molar-refractivity contribution in [2.75, 3.05) is 13.2 Å². The van der Waals surface area contributed by atoms with Crippen LogP contribution in [0.25, 0.3) is 0 Å². The van der Waals surface area contributed by atoms with Crippen molar-refractivity contribution in [2.24, 2.45) is 0 Å². The molecule has 1 atom stereocenters. The predicted octanol–water partition coefficient (Wildman–Crippen LogP) is 21.0. The van der Waals surface area contributed by atoms with Crippen LogP contribution in [0.5, 0.6) is 0 Å². The van der Waals surface area contributed by atoms with Gasteiger partial charge in [-0.3, -0.25) is 14.4 Å². The van der Waals surface area contributed by atoms with Crippen LogP contribution in [0.4, 0.5) is 0 Å². The molecule has 0 rings (SSSR count). The lowest BCUT2D eigenvalue weighted by atomic mass is 10.1. The van der Waals surface area contributed by atoms with E-state index in [1.54, 1.807) is 0 Å². The molecule has 6 nitrogen and oxygen atoms in total. The second-order valence-electron chi connectivity index (χ2n) is 18.8. The van der Waals surface area contributed by atoms with Crippen molar-refractivity contribution in [1.82, 2.24) is 0 Å². The molecule has 0 spiro atoms. The summed E-state index contributed by atoms with van der Waals surface area (Å²) in [4.78, 5) is 38.2. The van der Waals surface area contributed by atoms with Gasteiger partial charge in [-0.1, -0.05) is 246 Å². The van der Waals surface area contributed by atoms with Crippen LogP contribution >= 0.6 is 0 Å². The van der Waals surface area contributed by atoms with Gasteiger partial charge in [0.15, 0.2) is 6.10 Å². The van der Waals surface area contributed by atoms with E-state index in [9.17, 15) is 14.4 Å². The SMILES string of the molecule is CC/C=C\C/C=C\C/C=C\C/C=C\C/C=C\C/C=C\C/C=C\C/C=C\C/C=C\CCCC(=O)OCC(COC(=O)CC/C=C\C/C=C\C/C=C\C/C=C\CC)OC(=O)CCCCC/C=C\C/C=C\C/C=C\C/C=C\C/C=C\CC. The minimum atomic E-state index is -0.864. The van der Waals surface area contributed by atoms with Gasteiger partial charge in [-0.15, -0.1) is 0 Å². The van der Waals surface area contributed by atoms with Crippen LogP contribution in [-0.2, 0) is 28.6 Å². The van der Waals surface area contributed by atoms with Gasteiger partial charge in [0, 0.05) is 19.3 Å². The Labute approximate surface area is 482 Å². The maximum absolute atomic E-state index is 12.9. The lowest BCUT2D eigenvalue weighted by molar-refractivity contribution is -0.166. The number of carbonyl (C=O) groups excluding carboxylic acids is 3. The summed E-state index contributed by atoms with van der Waals surface area (Å²) in [7, 11) is 0. The molecule has 1 unspecified atom stereocenters. The average Bonchev–Trinajstić information content (AvgIpc) is 3.45. The fraction of sp³-hybridized carbons (Fsp3) is 0.466. The summed E-state index contributed by atoms with van der Waals surface area (Å²) in [6, 6.07) is 0. The highest BCUT2D eigenvalue weighted by atomic mass is 16.6. The Morgan fingerprint density at radius 2 is 0.494 bits per heavy atom. The molecule has 0 aromatic rings. The van der Waals surface area contributed by atoms with E-state index in [0.29, 0.717) is 19.3 Å². The predicted molar refractivity (Wildman–Crippen MR) is 343 cm³/mol. The number of carbonyl (C=O) groups is 3. The lowest BCUT2D eigenvalue weighted by Crippen LogP contribution is -2.30. The van der Waals surface area contributed by atoms with Crippen molar-refractivity contribution < 1.29 is 28.6 Å². The summed E-state index contributed by atoms with van der Waals surface area (Å²) in [5.74, 6) is -1.14. The molecule has 0 saturated carbocycles. The summed E-state index contributed by atoms with van der Waals surface area (Å²) in [5.41, 5.74) is 0. The molecule has 0 aliphatic heterocycles. The summed E-state index contributed by atoms with van der Waals surface area (Å²) in [6.07, 6.45) is 101. The zero-order valence-electron chi connectivity index (χ0n) is 49.5. The largest absolute Gasteiger partial charge is 0.462 e. The molecule has 0 aromatic heterocycles. The Kier molecular flexibility index (Phi) is 59.2. The minimum Gasteiger partial charge on any atom is -0.462 e. The van der Waals surface area contributed by atoms with E-state index in [-0.39, 0.29) is 50.4 Å². The fourth-order valence-corrected chi connectivity index (χ4v) is 7.07. The molecule has 6 heteroatoms. The maximum atomic E-state index is 12.9. The van der Waals surface area contributed by atoms with Crippen molar-refractivity contribution in [2.45, 2.75) is 207 Å². The van der Waals surface area contributed by atoms with E-state index < -0.39 is 6.10 Å². The van der Waals surface area contributed by atoms with Gasteiger partial charge in [-0.2, -0.15) is 0 Å². The number of ether oxygens (including phenoxy) is 3. The Morgan fingerprint density at radius 1 is 0.253 bits per heavy atom. The van der Waals surface area contributed by atoms with Gasteiger partial charge in [0.2, 0.25) is 0 Å². The molecule has 434 valence electrons. The van der Waals surface area contributed by atoms with Crippen molar-refractivity contribution in [1.29, 1.82) is 0 Å². The summed E-state index contributed by atoms with van der Waals surface area (Å²) < 4.78 is 16.7. The first-order chi connectivity index (χ1) is 39.0. The third-order valence-electron chi connectivity index (χ3n) is 11.5. The van der Waals surface area contributed by atoms with Gasteiger partial charge >= 0.3 is 17.9 Å². The number of hydrogen-bond donors (Lipinski definition) is 0. The molecule has 0 N–H and O–H groups in total. The average molecular weight is 1080 g/mol. The van der Waals surface area contributed by atoms with Gasteiger partial charge in [0.05, 0.1) is 0 Å². The molecule has 0 heterocycles. The van der Waals surface area contributed by atoms with E-state index in [4.69, 9.17) is 14.2 Å². The van der Waals surface area contributed by atoms with Gasteiger partial charge in [-0.25, -0.2) is 0 Å². The number of esters is 3. The van der Waals surface area contributed by atoms with E-state index in [1.165, 1.54) is 0 Å². The van der Waals surface area contributed by atoms with E-state index >= 15 is 0 Å². The summed E-state index contributed by atoms with van der Waals surface area (Å²) in [5, 5.41) is 0. The highest BCUT2D eigenvalue weighted by Crippen LogP contribution is 2.10. The third kappa shape index (κ3) is 62.5. The quantitative estimate of drug-likeness (QED) is 0.0261. The third-order valence-corrected chi connectivity index (χ3v) is 11.5. The van der Waals surface area contributed by atoms with Crippen molar-refractivity contribution in [3.63, 3.8) is 0 Å². The molecule has 0 fully saturated rings. The number of allylic oxidation sites excluding steroid dienone is 36. The van der Waals surface area contributed by atoms with Gasteiger partial charge in [0.1, 0.15) is 13.2 Å². The summed E-state index contributed by atoms with van der Waals surface area (Å²) in [6.45, 7) is 6.12. The first-order valence-corrected chi connectivity index (χ1v) is 30.2. The van der Waals surface area contributed by atoms with E-state index in [2.05, 4.69) is 227 Å². The fourth-order valence-electron chi connectivity index (χ4n) is 7.07. The van der Waals surface area contributed by atoms with Crippen molar-refractivity contribution >= 4 is 17.9 Å². The number of unbranched alkanes of at least 4 members (excludes halogenated alkanes) is 4. The second kappa shape index (κ2) is 64.3. The van der Waals surface area contributed by atoms with Crippen LogP contribution in [-0.4, -0.2) is 37.2 Å². The van der Waals surface area contributed by atoms with Gasteiger partial charge < -0.3 is 14.2 Å². The smallest absolute Gasteiger partial charge is 0.306 e. The highest BCUT2D eigenvalue weighted by Gasteiger charge is 2.19. The van der Waals surface area contributed by atoms with Crippen LogP contribution in [0, 0.1) is 0 Å². The second-order valence-corrected chi connectivity index (χ2v) is 18.8. The van der Waals surface area contributed by atoms with Crippen molar-refractivity contribution in [3.8, 4) is 0 Å². The Balaban J connectivity index is 4.59. The van der Waals surface area contributed by atoms with Crippen molar-refractivity contribution in [3.05, 3.63) is 219 Å². The molecule has 0 aliphatic carbocycles. The Bertz CT molecular complexity index is 2010. The first-order valence-electron chi connectivity index (χ1n) is 30.2. The summed E-state index contributed by atoms with van der Waals surface area (Å²) >= 11 is 0. The molecule has 0 aromatic carbocycles. The lowest BCUT2D eigenvalue weighted by Gasteiger charge is -2.18. The number of rotatable bonds is 51. The van der Waals surface area contributed by atoms with E-state index in [1.807, 2.05) is 12.2 Å². The van der Waals surface area contributed by atoms with Crippen LogP contribution < -0.4 is 0 Å². The first kappa shape index (κ1) is 72.7. The topological polar surface area (TPSA) is 78.9 Å². The molecule has 79 heavy (non-hydrogen) atoms. The number of hydrogen-bond acceptors (Lipinski definition) is 6. The van der Waals surface area contributed by atoms with E-state index in [0.717, 1.165) is 141 Å². The molecule has 0 aliphatic rings.